The fourth-order valence-corrected chi connectivity index (χ4v) is 3.72. The molecule has 6 nitrogen and oxygen atoms in total. The second-order valence-corrected chi connectivity index (χ2v) is 7.21. The summed E-state index contributed by atoms with van der Waals surface area (Å²) in [6, 6.07) is 6.40. The van der Waals surface area contributed by atoms with E-state index in [0.717, 1.165) is 36.6 Å². The van der Waals surface area contributed by atoms with Crippen LogP contribution in [0, 0.1) is 10.1 Å². The molecule has 0 aromatic heterocycles. The molecule has 1 saturated heterocycles. The van der Waals surface area contributed by atoms with E-state index in [1.54, 1.807) is 24.3 Å². The molecule has 1 aromatic rings. The summed E-state index contributed by atoms with van der Waals surface area (Å²) in [6.45, 7) is 1.62. The van der Waals surface area contributed by atoms with Gasteiger partial charge in [0.25, 0.3) is 5.69 Å². The van der Waals surface area contributed by atoms with Crippen molar-refractivity contribution < 1.29 is 9.72 Å². The fraction of sp³-hybridized carbons (Fsp3) is 0.471. The van der Waals surface area contributed by atoms with Crippen molar-refractivity contribution in [2.24, 2.45) is 0 Å². The monoisotopic (exact) mass is 349 g/mol. The number of amides is 1. The molecule has 1 fully saturated rings. The van der Waals surface area contributed by atoms with Crippen LogP contribution in [0.2, 0.25) is 0 Å². The zero-order valence-electron chi connectivity index (χ0n) is 14.1. The van der Waals surface area contributed by atoms with E-state index >= 15 is 0 Å². The van der Waals surface area contributed by atoms with E-state index in [4.69, 9.17) is 0 Å². The number of carbonyl (C=O) groups excluding carboxylic acids is 1. The van der Waals surface area contributed by atoms with Crippen molar-refractivity contribution >= 4 is 29.4 Å². The van der Waals surface area contributed by atoms with Crippen LogP contribution >= 0.6 is 11.8 Å². The number of nitro benzene ring substituents is 1. The number of hydrogen-bond acceptors (Lipinski definition) is 5. The van der Waals surface area contributed by atoms with E-state index in [2.05, 4.69) is 4.90 Å². The predicted octanol–water partition coefficient (Wildman–Crippen LogP) is 2.50. The fourth-order valence-electron chi connectivity index (χ4n) is 2.66. The molecule has 0 N–H and O–H groups in total. The molecule has 1 aliphatic heterocycles. The van der Waals surface area contributed by atoms with Gasteiger partial charge in [0.15, 0.2) is 0 Å². The topological polar surface area (TPSA) is 66.7 Å². The third-order valence-electron chi connectivity index (χ3n) is 3.82. The van der Waals surface area contributed by atoms with Crippen LogP contribution in [-0.2, 0) is 4.79 Å². The molecule has 24 heavy (non-hydrogen) atoms. The Kier molecular flexibility index (Phi) is 6.81. The zero-order chi connectivity index (χ0) is 17.5. The summed E-state index contributed by atoms with van der Waals surface area (Å²) >= 11 is 1.90. The standard InChI is InChI=1S/C17H23N3O3S/c1-18(2)12-16-13-24-11-3-10-19(16)17(21)9-6-14-4-7-15(8-5-14)20(22)23/h4-9,16H,3,10-13H2,1-2H3/b9-6+. The lowest BCUT2D eigenvalue weighted by Gasteiger charge is -2.30. The quantitative estimate of drug-likeness (QED) is 0.464. The first kappa shape index (κ1) is 18.5. The van der Waals surface area contributed by atoms with Gasteiger partial charge in [-0.25, -0.2) is 0 Å². The number of thioether (sulfide) groups is 1. The Bertz CT molecular complexity index is 602. The Morgan fingerprint density at radius 2 is 2.12 bits per heavy atom. The molecule has 0 radical (unpaired) electrons. The number of carbonyl (C=O) groups is 1. The van der Waals surface area contributed by atoms with Crippen molar-refractivity contribution in [3.63, 3.8) is 0 Å². The molecule has 7 heteroatoms. The Morgan fingerprint density at radius 1 is 1.42 bits per heavy atom. The van der Waals surface area contributed by atoms with Crippen molar-refractivity contribution in [3.05, 3.63) is 46.0 Å². The Balaban J connectivity index is 2.06. The molecular formula is C17H23N3O3S. The molecule has 0 bridgehead atoms. The van der Waals surface area contributed by atoms with Gasteiger partial charge in [-0.05, 0) is 50.0 Å². The second kappa shape index (κ2) is 8.84. The maximum absolute atomic E-state index is 12.6. The third kappa shape index (κ3) is 5.35. The summed E-state index contributed by atoms with van der Waals surface area (Å²) in [5.41, 5.74) is 0.830. The molecule has 1 atom stereocenters. The maximum atomic E-state index is 12.6. The van der Waals surface area contributed by atoms with Gasteiger partial charge in [0.05, 0.1) is 11.0 Å². The highest BCUT2D eigenvalue weighted by Gasteiger charge is 2.24. The SMILES string of the molecule is CN(C)CC1CSCCCN1C(=O)/C=C/c1ccc([N+](=O)[O-])cc1. The first-order valence-corrected chi connectivity index (χ1v) is 9.08. The minimum absolute atomic E-state index is 0.00250. The van der Waals surface area contributed by atoms with Crippen LogP contribution in [-0.4, -0.2) is 65.4 Å². The van der Waals surface area contributed by atoms with Crippen LogP contribution < -0.4 is 0 Å². The number of non-ortho nitro benzene ring substituents is 1. The number of hydrogen-bond donors (Lipinski definition) is 0. The Morgan fingerprint density at radius 3 is 2.75 bits per heavy atom. The van der Waals surface area contributed by atoms with E-state index in [9.17, 15) is 14.9 Å². The lowest BCUT2D eigenvalue weighted by molar-refractivity contribution is -0.384. The Labute approximate surface area is 146 Å². The van der Waals surface area contributed by atoms with E-state index in [-0.39, 0.29) is 17.6 Å². The average Bonchev–Trinajstić information content (AvgIpc) is 2.78. The molecular weight excluding hydrogens is 326 g/mol. The summed E-state index contributed by atoms with van der Waals surface area (Å²) in [5.74, 6) is 2.04. The van der Waals surface area contributed by atoms with E-state index in [1.165, 1.54) is 12.1 Å². The number of likely N-dealkylation sites (N-methyl/N-ethyl adjacent to an activating group) is 1. The van der Waals surface area contributed by atoms with Crippen molar-refractivity contribution in [2.75, 3.05) is 38.7 Å². The van der Waals surface area contributed by atoms with E-state index in [0.29, 0.717) is 0 Å². The molecule has 0 saturated carbocycles. The molecule has 130 valence electrons. The van der Waals surface area contributed by atoms with Gasteiger partial charge in [0.2, 0.25) is 5.91 Å². The van der Waals surface area contributed by atoms with Gasteiger partial charge in [-0.15, -0.1) is 0 Å². The summed E-state index contributed by atoms with van der Waals surface area (Å²) in [6.07, 6.45) is 4.29. The maximum Gasteiger partial charge on any atom is 0.269 e. The van der Waals surface area contributed by atoms with Crippen molar-refractivity contribution in [2.45, 2.75) is 12.5 Å². The molecule has 1 amide bonds. The van der Waals surface area contributed by atoms with Crippen molar-refractivity contribution in [1.29, 1.82) is 0 Å². The number of nitro groups is 1. The van der Waals surface area contributed by atoms with Gasteiger partial charge in [0, 0.05) is 37.1 Å². The third-order valence-corrected chi connectivity index (χ3v) is 5.02. The van der Waals surface area contributed by atoms with Crippen LogP contribution in [0.15, 0.2) is 30.3 Å². The highest BCUT2D eigenvalue weighted by Crippen LogP contribution is 2.18. The summed E-state index contributed by atoms with van der Waals surface area (Å²) in [5, 5.41) is 10.7. The predicted molar refractivity (Wildman–Crippen MR) is 98.1 cm³/mol. The molecule has 1 heterocycles. The number of rotatable bonds is 5. The van der Waals surface area contributed by atoms with Crippen LogP contribution in [0.4, 0.5) is 5.69 Å². The zero-order valence-corrected chi connectivity index (χ0v) is 14.9. The normalized spacial score (nSPS) is 18.8. The average molecular weight is 349 g/mol. The lowest BCUT2D eigenvalue weighted by atomic mass is 10.2. The van der Waals surface area contributed by atoms with Gasteiger partial charge < -0.3 is 9.80 Å². The van der Waals surface area contributed by atoms with Crippen LogP contribution in [0.3, 0.4) is 0 Å². The van der Waals surface area contributed by atoms with Gasteiger partial charge in [-0.1, -0.05) is 0 Å². The number of benzene rings is 1. The number of nitrogens with zero attached hydrogens (tertiary/aromatic N) is 3. The second-order valence-electron chi connectivity index (χ2n) is 6.06. The van der Waals surface area contributed by atoms with Gasteiger partial charge in [0.1, 0.15) is 0 Å². The summed E-state index contributed by atoms with van der Waals surface area (Å²) < 4.78 is 0. The lowest BCUT2D eigenvalue weighted by Crippen LogP contribution is -2.46. The molecule has 1 unspecified atom stereocenters. The highest BCUT2D eigenvalue weighted by molar-refractivity contribution is 7.99. The molecule has 1 aromatic carbocycles. The van der Waals surface area contributed by atoms with Crippen LogP contribution in [0.25, 0.3) is 6.08 Å². The van der Waals surface area contributed by atoms with E-state index in [1.807, 2.05) is 30.8 Å². The largest absolute Gasteiger partial charge is 0.334 e. The first-order chi connectivity index (χ1) is 11.5. The van der Waals surface area contributed by atoms with Crippen LogP contribution in [0.1, 0.15) is 12.0 Å². The molecule has 1 aliphatic rings. The van der Waals surface area contributed by atoms with E-state index < -0.39 is 4.92 Å². The molecule has 0 spiro atoms. The summed E-state index contributed by atoms with van der Waals surface area (Å²) in [4.78, 5) is 26.9. The smallest absolute Gasteiger partial charge is 0.269 e. The molecule has 0 aliphatic carbocycles. The van der Waals surface area contributed by atoms with Gasteiger partial charge in [-0.2, -0.15) is 11.8 Å². The van der Waals surface area contributed by atoms with Crippen molar-refractivity contribution in [3.8, 4) is 0 Å². The van der Waals surface area contributed by atoms with Crippen LogP contribution in [0.5, 0.6) is 0 Å². The first-order valence-electron chi connectivity index (χ1n) is 7.93. The minimum Gasteiger partial charge on any atom is -0.334 e. The van der Waals surface area contributed by atoms with Gasteiger partial charge in [-0.3, -0.25) is 14.9 Å². The molecule has 2 rings (SSSR count). The Hall–Kier alpha value is -1.86. The minimum atomic E-state index is -0.431. The van der Waals surface area contributed by atoms with Gasteiger partial charge >= 0.3 is 0 Å². The van der Waals surface area contributed by atoms with Crippen molar-refractivity contribution in [1.82, 2.24) is 9.80 Å². The summed E-state index contributed by atoms with van der Waals surface area (Å²) in [7, 11) is 4.04. The highest BCUT2D eigenvalue weighted by atomic mass is 32.2.